The maximum atomic E-state index is 11.8. The fraction of sp³-hybridized carbons (Fsp3) is 0.500. The molecule has 2 rings (SSSR count). The van der Waals surface area contributed by atoms with E-state index in [1.54, 1.807) is 0 Å². The van der Waals surface area contributed by atoms with Crippen molar-refractivity contribution in [3.05, 3.63) is 23.4 Å². The smallest absolute Gasteiger partial charge is 0.273 e. The van der Waals surface area contributed by atoms with E-state index in [2.05, 4.69) is 5.32 Å². The molecule has 0 bridgehead atoms. The number of hydrogen-bond acceptors (Lipinski definition) is 7. The number of rotatable bonds is 4. The van der Waals surface area contributed by atoms with Crippen LogP contribution in [0.1, 0.15) is 0 Å². The molecule has 0 aromatic carbocycles. The molecular formula is C12H14ClNO6. The number of fused-ring (bicyclic) bond motifs is 1. The fourth-order valence-corrected chi connectivity index (χ4v) is 2.17. The first-order valence-electron chi connectivity index (χ1n) is 5.85. The van der Waals surface area contributed by atoms with Crippen LogP contribution < -0.4 is 5.32 Å². The average Bonchev–Trinajstić information content (AvgIpc) is 2.48. The highest BCUT2D eigenvalue weighted by Crippen LogP contribution is 2.33. The van der Waals surface area contributed by atoms with Crippen molar-refractivity contribution in [2.75, 3.05) is 25.7 Å². The predicted octanol–water partition coefficient (Wildman–Crippen LogP) is -1.78. The van der Waals surface area contributed by atoms with Gasteiger partial charge in [0.25, 0.3) is 5.79 Å². The SMILES string of the molecule is O=C(CCl)C1=C2NC(CO)(CO)COC2(O)C(=O)C=C1. The molecule has 1 atom stereocenters. The van der Waals surface area contributed by atoms with E-state index in [0.717, 1.165) is 6.08 Å². The lowest BCUT2D eigenvalue weighted by molar-refractivity contribution is -0.212. The van der Waals surface area contributed by atoms with E-state index in [1.807, 2.05) is 0 Å². The van der Waals surface area contributed by atoms with Gasteiger partial charge < -0.3 is 25.4 Å². The maximum absolute atomic E-state index is 11.8. The highest BCUT2D eigenvalue weighted by atomic mass is 35.5. The van der Waals surface area contributed by atoms with Crippen LogP contribution in [0.3, 0.4) is 0 Å². The molecule has 1 unspecified atom stereocenters. The van der Waals surface area contributed by atoms with E-state index >= 15 is 0 Å². The van der Waals surface area contributed by atoms with Gasteiger partial charge in [0.05, 0.1) is 31.4 Å². The number of aliphatic hydroxyl groups excluding tert-OH is 2. The van der Waals surface area contributed by atoms with Crippen LogP contribution in [0.15, 0.2) is 23.4 Å². The number of morpholine rings is 1. The molecule has 7 nitrogen and oxygen atoms in total. The van der Waals surface area contributed by atoms with E-state index in [4.69, 9.17) is 16.3 Å². The number of nitrogens with one attached hydrogen (secondary N) is 1. The molecule has 0 aromatic rings. The van der Waals surface area contributed by atoms with E-state index in [1.165, 1.54) is 6.08 Å². The summed E-state index contributed by atoms with van der Waals surface area (Å²) in [5.74, 6) is -3.94. The van der Waals surface area contributed by atoms with E-state index < -0.39 is 36.1 Å². The second kappa shape index (κ2) is 5.27. The summed E-state index contributed by atoms with van der Waals surface area (Å²) in [5.41, 5.74) is -1.51. The summed E-state index contributed by atoms with van der Waals surface area (Å²) in [5, 5.41) is 31.6. The minimum atomic E-state index is -2.32. The van der Waals surface area contributed by atoms with Gasteiger partial charge in [0.2, 0.25) is 5.78 Å². The molecule has 8 heteroatoms. The minimum Gasteiger partial charge on any atom is -0.394 e. The zero-order chi connectivity index (χ0) is 15.0. The van der Waals surface area contributed by atoms with Crippen LogP contribution in [0.4, 0.5) is 0 Å². The van der Waals surface area contributed by atoms with Crippen LogP contribution in [0.2, 0.25) is 0 Å². The molecule has 1 fully saturated rings. The van der Waals surface area contributed by atoms with Gasteiger partial charge >= 0.3 is 0 Å². The Hall–Kier alpha value is -1.25. The van der Waals surface area contributed by atoms with Crippen molar-refractivity contribution in [1.29, 1.82) is 0 Å². The van der Waals surface area contributed by atoms with Gasteiger partial charge in [-0.15, -0.1) is 11.6 Å². The summed E-state index contributed by atoms with van der Waals surface area (Å²) < 4.78 is 5.12. The number of hydrogen-bond donors (Lipinski definition) is 4. The number of alkyl halides is 1. The number of ketones is 2. The van der Waals surface area contributed by atoms with Crippen molar-refractivity contribution >= 4 is 23.2 Å². The van der Waals surface area contributed by atoms with Gasteiger partial charge in [-0.1, -0.05) is 0 Å². The summed E-state index contributed by atoms with van der Waals surface area (Å²) in [7, 11) is 0. The van der Waals surface area contributed by atoms with Crippen molar-refractivity contribution in [3.63, 3.8) is 0 Å². The molecule has 110 valence electrons. The number of halogens is 1. The Kier molecular flexibility index (Phi) is 3.99. The molecule has 1 heterocycles. The Bertz CT molecular complexity index is 510. The lowest BCUT2D eigenvalue weighted by Crippen LogP contribution is -2.67. The van der Waals surface area contributed by atoms with Gasteiger partial charge in [-0.05, 0) is 12.2 Å². The molecule has 1 aliphatic heterocycles. The maximum Gasteiger partial charge on any atom is 0.273 e. The van der Waals surface area contributed by atoms with Crippen LogP contribution in [0.5, 0.6) is 0 Å². The standard InChI is InChI=1S/C12H14ClNO6/c13-3-8(17)7-1-2-9(18)12(19)10(7)14-11(4-15,5-16)6-20-12/h1-2,14-16,19H,3-6H2. The van der Waals surface area contributed by atoms with E-state index in [-0.39, 0.29) is 23.8 Å². The second-order valence-corrected chi connectivity index (χ2v) is 4.96. The number of carbonyl (C=O) groups excluding carboxylic acids is 2. The Labute approximate surface area is 119 Å². The molecule has 0 aromatic heterocycles. The van der Waals surface area contributed by atoms with Crippen LogP contribution >= 0.6 is 11.6 Å². The molecule has 4 N–H and O–H groups in total. The van der Waals surface area contributed by atoms with Gasteiger partial charge in [0.15, 0.2) is 5.78 Å². The number of Topliss-reactive ketones (excluding diaryl/α,β-unsaturated/α-hetero) is 1. The van der Waals surface area contributed by atoms with Crippen LogP contribution in [0, 0.1) is 0 Å². The summed E-state index contributed by atoms with van der Waals surface area (Å²) in [4.78, 5) is 23.6. The third-order valence-electron chi connectivity index (χ3n) is 3.32. The quantitative estimate of drug-likeness (QED) is 0.454. The summed E-state index contributed by atoms with van der Waals surface area (Å²) in [6, 6.07) is 0. The third-order valence-corrected chi connectivity index (χ3v) is 3.56. The fourth-order valence-electron chi connectivity index (χ4n) is 2.02. The van der Waals surface area contributed by atoms with E-state index in [0.29, 0.717) is 0 Å². The lowest BCUT2D eigenvalue weighted by Gasteiger charge is -2.45. The average molecular weight is 304 g/mol. The van der Waals surface area contributed by atoms with Crippen LogP contribution in [0.25, 0.3) is 0 Å². The minimum absolute atomic E-state index is 0.0203. The van der Waals surface area contributed by atoms with Crippen molar-refractivity contribution < 1.29 is 29.6 Å². The monoisotopic (exact) mass is 303 g/mol. The van der Waals surface area contributed by atoms with Gasteiger partial charge in [-0.25, -0.2) is 0 Å². The number of carbonyl (C=O) groups is 2. The number of allylic oxidation sites excluding steroid dienone is 2. The Morgan fingerprint density at radius 1 is 1.40 bits per heavy atom. The number of ether oxygens (including phenoxy) is 1. The number of aliphatic hydroxyl groups is 3. The first kappa shape index (κ1) is 15.1. The molecule has 1 aliphatic carbocycles. The third kappa shape index (κ3) is 2.17. The topological polar surface area (TPSA) is 116 Å². The van der Waals surface area contributed by atoms with Gasteiger partial charge in [-0.2, -0.15) is 0 Å². The van der Waals surface area contributed by atoms with E-state index in [9.17, 15) is 24.9 Å². The zero-order valence-corrected chi connectivity index (χ0v) is 11.2. The highest BCUT2D eigenvalue weighted by Gasteiger charge is 2.52. The van der Waals surface area contributed by atoms with Gasteiger partial charge in [0, 0.05) is 5.57 Å². The highest BCUT2D eigenvalue weighted by molar-refractivity contribution is 6.31. The molecule has 2 aliphatic rings. The first-order chi connectivity index (χ1) is 9.42. The van der Waals surface area contributed by atoms with Crippen molar-refractivity contribution in [2.24, 2.45) is 0 Å². The molecule has 0 amide bonds. The van der Waals surface area contributed by atoms with Crippen molar-refractivity contribution in [3.8, 4) is 0 Å². The molecule has 0 saturated carbocycles. The molecule has 1 saturated heterocycles. The lowest BCUT2D eigenvalue weighted by atomic mass is 9.88. The summed E-state index contributed by atoms with van der Waals surface area (Å²) >= 11 is 5.49. The van der Waals surface area contributed by atoms with Crippen molar-refractivity contribution in [2.45, 2.75) is 11.3 Å². The molecule has 0 spiro atoms. The predicted molar refractivity (Wildman–Crippen MR) is 67.8 cm³/mol. The second-order valence-electron chi connectivity index (χ2n) is 4.70. The Morgan fingerprint density at radius 3 is 2.60 bits per heavy atom. The normalized spacial score (nSPS) is 28.1. The largest absolute Gasteiger partial charge is 0.394 e. The van der Waals surface area contributed by atoms with Crippen LogP contribution in [-0.4, -0.2) is 63.9 Å². The Balaban J connectivity index is 2.52. The van der Waals surface area contributed by atoms with Crippen molar-refractivity contribution in [1.82, 2.24) is 5.32 Å². The summed E-state index contributed by atoms with van der Waals surface area (Å²) in [6.07, 6.45) is 2.24. The molecule has 0 radical (unpaired) electrons. The van der Waals surface area contributed by atoms with Gasteiger partial charge in [0.1, 0.15) is 5.54 Å². The molecule has 20 heavy (non-hydrogen) atoms. The molecular weight excluding hydrogens is 290 g/mol. The van der Waals surface area contributed by atoms with Gasteiger partial charge in [-0.3, -0.25) is 9.59 Å². The zero-order valence-electron chi connectivity index (χ0n) is 10.4. The first-order valence-corrected chi connectivity index (χ1v) is 6.38. The Morgan fingerprint density at radius 2 is 2.05 bits per heavy atom. The van der Waals surface area contributed by atoms with Crippen LogP contribution in [-0.2, 0) is 14.3 Å². The summed E-state index contributed by atoms with van der Waals surface area (Å²) in [6.45, 7) is -1.32.